The molecule has 4 rings (SSSR count). The van der Waals surface area contributed by atoms with Gasteiger partial charge in [-0.3, -0.25) is 0 Å². The number of nitrogens with one attached hydrogen (secondary N) is 1. The smallest absolute Gasteiger partial charge is 0.189 e. The molecule has 2 aromatic carbocycles. The standard InChI is InChI=1S/C20H21N5O.HI/c21-20(24-18-9-12-26-19-8-2-1-7-17(18)19)22-14-15-5-3-6-16(13-15)25-11-4-10-23-25;/h1-8,10-11,13,18H,9,12,14H2,(H3,21,22,24);1H. The Labute approximate surface area is 175 Å². The summed E-state index contributed by atoms with van der Waals surface area (Å²) in [7, 11) is 0. The van der Waals surface area contributed by atoms with Gasteiger partial charge in [0.1, 0.15) is 5.75 Å². The van der Waals surface area contributed by atoms with Gasteiger partial charge in [0.15, 0.2) is 5.96 Å². The van der Waals surface area contributed by atoms with Gasteiger partial charge >= 0.3 is 0 Å². The zero-order valence-electron chi connectivity index (χ0n) is 14.8. The molecule has 1 aromatic heterocycles. The van der Waals surface area contributed by atoms with Crippen LogP contribution >= 0.6 is 24.0 Å². The van der Waals surface area contributed by atoms with E-state index in [1.807, 2.05) is 53.3 Å². The summed E-state index contributed by atoms with van der Waals surface area (Å²) in [4.78, 5) is 4.50. The first-order valence-corrected chi connectivity index (χ1v) is 8.67. The van der Waals surface area contributed by atoms with Crippen molar-refractivity contribution in [2.75, 3.05) is 6.61 Å². The minimum atomic E-state index is 0. The third kappa shape index (κ3) is 4.60. The fraction of sp³-hybridized carbons (Fsp3) is 0.200. The molecule has 3 N–H and O–H groups in total. The minimum Gasteiger partial charge on any atom is -0.493 e. The summed E-state index contributed by atoms with van der Waals surface area (Å²) in [6.45, 7) is 1.19. The lowest BCUT2D eigenvalue weighted by Crippen LogP contribution is -2.37. The van der Waals surface area contributed by atoms with E-state index in [2.05, 4.69) is 27.5 Å². The summed E-state index contributed by atoms with van der Waals surface area (Å²) in [5.74, 6) is 1.35. The van der Waals surface area contributed by atoms with Gasteiger partial charge in [-0.1, -0.05) is 30.3 Å². The Hall–Kier alpha value is -2.55. The van der Waals surface area contributed by atoms with Crippen LogP contribution in [-0.4, -0.2) is 22.3 Å². The van der Waals surface area contributed by atoms with E-state index in [0.717, 1.165) is 29.0 Å². The van der Waals surface area contributed by atoms with E-state index in [-0.39, 0.29) is 30.0 Å². The first-order chi connectivity index (χ1) is 12.8. The Bertz CT molecular complexity index is 910. The van der Waals surface area contributed by atoms with Crippen LogP contribution in [0.5, 0.6) is 5.75 Å². The zero-order valence-corrected chi connectivity index (χ0v) is 17.1. The number of nitrogens with zero attached hydrogens (tertiary/aromatic N) is 3. The van der Waals surface area contributed by atoms with Crippen LogP contribution in [0.4, 0.5) is 0 Å². The van der Waals surface area contributed by atoms with Crippen molar-refractivity contribution in [1.82, 2.24) is 15.1 Å². The van der Waals surface area contributed by atoms with Crippen molar-refractivity contribution in [3.63, 3.8) is 0 Å². The molecule has 2 heterocycles. The zero-order chi connectivity index (χ0) is 17.8. The van der Waals surface area contributed by atoms with Crippen molar-refractivity contribution >= 4 is 29.9 Å². The summed E-state index contributed by atoms with van der Waals surface area (Å²) in [5.41, 5.74) is 9.33. The van der Waals surface area contributed by atoms with Crippen molar-refractivity contribution in [3.05, 3.63) is 78.1 Å². The van der Waals surface area contributed by atoms with E-state index in [1.165, 1.54) is 0 Å². The number of rotatable bonds is 4. The Kier molecular flexibility index (Phi) is 6.33. The molecule has 140 valence electrons. The van der Waals surface area contributed by atoms with Crippen molar-refractivity contribution in [3.8, 4) is 11.4 Å². The highest BCUT2D eigenvalue weighted by molar-refractivity contribution is 14.0. The molecule has 1 unspecified atom stereocenters. The summed E-state index contributed by atoms with van der Waals surface area (Å²) >= 11 is 0. The second-order valence-corrected chi connectivity index (χ2v) is 6.19. The van der Waals surface area contributed by atoms with Gasteiger partial charge in [0.25, 0.3) is 0 Å². The summed E-state index contributed by atoms with van der Waals surface area (Å²) in [6, 6.07) is 18.2. The Morgan fingerprint density at radius 2 is 2.11 bits per heavy atom. The number of aliphatic imine (C=N–C) groups is 1. The van der Waals surface area contributed by atoms with Crippen molar-refractivity contribution < 1.29 is 4.74 Å². The van der Waals surface area contributed by atoms with Gasteiger partial charge in [-0.2, -0.15) is 5.10 Å². The van der Waals surface area contributed by atoms with Crippen molar-refractivity contribution in [1.29, 1.82) is 0 Å². The lowest BCUT2D eigenvalue weighted by atomic mass is 10.0. The van der Waals surface area contributed by atoms with Crippen LogP contribution in [0, 0.1) is 0 Å². The molecule has 27 heavy (non-hydrogen) atoms. The average molecular weight is 475 g/mol. The molecular formula is C20H22IN5O. The molecule has 7 heteroatoms. The predicted octanol–water partition coefficient (Wildman–Crippen LogP) is 3.42. The van der Waals surface area contributed by atoms with Gasteiger partial charge in [-0.15, -0.1) is 24.0 Å². The quantitative estimate of drug-likeness (QED) is 0.345. The van der Waals surface area contributed by atoms with Crippen LogP contribution in [0.3, 0.4) is 0 Å². The van der Waals surface area contributed by atoms with E-state index in [0.29, 0.717) is 19.1 Å². The molecule has 1 atom stereocenters. The number of guanidine groups is 1. The fourth-order valence-electron chi connectivity index (χ4n) is 3.11. The van der Waals surface area contributed by atoms with Gasteiger partial charge in [-0.25, -0.2) is 9.67 Å². The van der Waals surface area contributed by atoms with Crippen LogP contribution in [-0.2, 0) is 6.54 Å². The molecule has 0 radical (unpaired) electrons. The highest BCUT2D eigenvalue weighted by atomic mass is 127. The second-order valence-electron chi connectivity index (χ2n) is 6.19. The Morgan fingerprint density at radius 3 is 2.96 bits per heavy atom. The number of benzene rings is 2. The van der Waals surface area contributed by atoms with Crippen molar-refractivity contribution in [2.24, 2.45) is 10.7 Å². The van der Waals surface area contributed by atoms with Gasteiger partial charge in [0, 0.05) is 24.4 Å². The van der Waals surface area contributed by atoms with Crippen molar-refractivity contribution in [2.45, 2.75) is 19.0 Å². The molecule has 1 aliphatic heterocycles. The first-order valence-electron chi connectivity index (χ1n) is 8.67. The van der Waals surface area contributed by atoms with Gasteiger partial charge in [0.2, 0.25) is 0 Å². The summed E-state index contributed by atoms with van der Waals surface area (Å²) < 4.78 is 7.51. The van der Waals surface area contributed by atoms with Crippen LogP contribution in [0.2, 0.25) is 0 Å². The fourth-order valence-corrected chi connectivity index (χ4v) is 3.11. The van der Waals surface area contributed by atoms with E-state index in [4.69, 9.17) is 10.5 Å². The Balaban J connectivity index is 0.00000210. The van der Waals surface area contributed by atoms with E-state index in [9.17, 15) is 0 Å². The SMILES string of the molecule is I.NC(=NCc1cccc(-n2cccn2)c1)NC1CCOc2ccccc21. The van der Waals surface area contributed by atoms with Crippen LogP contribution in [0.15, 0.2) is 72.0 Å². The molecule has 0 aliphatic carbocycles. The largest absolute Gasteiger partial charge is 0.493 e. The lowest BCUT2D eigenvalue weighted by Gasteiger charge is -2.26. The molecule has 0 saturated heterocycles. The summed E-state index contributed by atoms with van der Waals surface area (Å²) in [5, 5.41) is 7.57. The van der Waals surface area contributed by atoms with Gasteiger partial charge < -0.3 is 15.8 Å². The number of aromatic nitrogens is 2. The molecule has 6 nitrogen and oxygen atoms in total. The van der Waals surface area contributed by atoms with Gasteiger partial charge in [0.05, 0.1) is 24.9 Å². The van der Waals surface area contributed by atoms with E-state index < -0.39 is 0 Å². The van der Waals surface area contributed by atoms with Gasteiger partial charge in [-0.05, 0) is 29.8 Å². The number of halogens is 1. The minimum absolute atomic E-state index is 0. The topological polar surface area (TPSA) is 77.5 Å². The molecular weight excluding hydrogens is 453 g/mol. The lowest BCUT2D eigenvalue weighted by molar-refractivity contribution is 0.262. The molecule has 0 spiro atoms. The maximum Gasteiger partial charge on any atom is 0.189 e. The second kappa shape index (κ2) is 8.90. The number of fused-ring (bicyclic) bond motifs is 1. The predicted molar refractivity (Wildman–Crippen MR) is 117 cm³/mol. The number of hydrogen-bond acceptors (Lipinski definition) is 3. The van der Waals surface area contributed by atoms with Crippen LogP contribution < -0.4 is 15.8 Å². The third-order valence-corrected chi connectivity index (χ3v) is 4.39. The molecule has 0 fully saturated rings. The number of hydrogen-bond donors (Lipinski definition) is 2. The summed E-state index contributed by atoms with van der Waals surface area (Å²) in [6.07, 6.45) is 4.54. The molecule has 1 aliphatic rings. The normalized spacial score (nSPS) is 16.0. The maximum absolute atomic E-state index is 6.12. The molecule has 0 saturated carbocycles. The molecule has 0 amide bonds. The number of nitrogens with two attached hydrogens (primary N) is 1. The monoisotopic (exact) mass is 475 g/mol. The Morgan fingerprint density at radius 1 is 1.22 bits per heavy atom. The first kappa shape index (κ1) is 19.2. The average Bonchev–Trinajstić information content (AvgIpc) is 3.22. The number of para-hydroxylation sites is 1. The molecule has 0 bridgehead atoms. The van der Waals surface area contributed by atoms with E-state index in [1.54, 1.807) is 6.20 Å². The van der Waals surface area contributed by atoms with Crippen LogP contribution in [0.25, 0.3) is 5.69 Å². The van der Waals surface area contributed by atoms with E-state index >= 15 is 0 Å². The van der Waals surface area contributed by atoms with Crippen LogP contribution in [0.1, 0.15) is 23.6 Å². The highest BCUT2D eigenvalue weighted by Crippen LogP contribution is 2.31. The highest BCUT2D eigenvalue weighted by Gasteiger charge is 2.21. The molecule has 3 aromatic rings. The number of ether oxygens (including phenoxy) is 1. The maximum atomic E-state index is 6.12. The third-order valence-electron chi connectivity index (χ3n) is 4.39.